The van der Waals surface area contributed by atoms with Gasteiger partial charge < -0.3 is 14.8 Å². The van der Waals surface area contributed by atoms with Crippen LogP contribution in [0, 0.1) is 11.8 Å². The van der Waals surface area contributed by atoms with Crippen LogP contribution in [-0.2, 0) is 25.9 Å². The van der Waals surface area contributed by atoms with Gasteiger partial charge in [-0.15, -0.1) is 10.2 Å². The number of carbonyl (C=O) groups excluding carboxylic acids is 1. The molecule has 3 aromatic rings. The molecule has 1 amide bonds. The van der Waals surface area contributed by atoms with Gasteiger partial charge >= 0.3 is 0 Å². The van der Waals surface area contributed by atoms with Gasteiger partial charge in [0.05, 0.1) is 0 Å². The first-order valence-corrected chi connectivity index (χ1v) is 10.8. The minimum atomic E-state index is -0.144. The Morgan fingerprint density at radius 1 is 0.900 bits per heavy atom. The standard InChI is InChI=1S/C24H27N5O/c30-24(25-14-19-9-5-2-6-10-19)23-27-26-22-13-20-15-28(16-21(20)17-29(22)23)12-11-18-7-3-1-4-8-18/h1-10,20-21H,11-17H2,(H,25,30)/t20-,21-/m1/s1. The quantitative estimate of drug-likeness (QED) is 0.690. The minimum absolute atomic E-state index is 0.144. The van der Waals surface area contributed by atoms with E-state index in [1.165, 1.54) is 5.56 Å². The van der Waals surface area contributed by atoms with E-state index in [2.05, 4.69) is 50.7 Å². The first-order valence-electron chi connectivity index (χ1n) is 10.8. The maximum Gasteiger partial charge on any atom is 0.289 e. The highest BCUT2D eigenvalue weighted by Crippen LogP contribution is 2.32. The van der Waals surface area contributed by atoms with E-state index in [1.807, 2.05) is 34.9 Å². The molecular weight excluding hydrogens is 374 g/mol. The Morgan fingerprint density at radius 2 is 1.60 bits per heavy atom. The van der Waals surface area contributed by atoms with Crippen molar-refractivity contribution >= 4 is 5.91 Å². The van der Waals surface area contributed by atoms with Crippen LogP contribution in [0.4, 0.5) is 0 Å². The summed E-state index contributed by atoms with van der Waals surface area (Å²) in [5, 5.41) is 11.6. The molecule has 2 atom stereocenters. The minimum Gasteiger partial charge on any atom is -0.345 e. The molecule has 0 aliphatic carbocycles. The van der Waals surface area contributed by atoms with Crippen LogP contribution in [0.5, 0.6) is 0 Å². The maximum atomic E-state index is 12.7. The number of nitrogens with zero attached hydrogens (tertiary/aromatic N) is 4. The molecule has 0 saturated carbocycles. The van der Waals surface area contributed by atoms with E-state index in [9.17, 15) is 4.79 Å². The average molecular weight is 402 g/mol. The third-order valence-electron chi connectivity index (χ3n) is 6.40. The molecule has 0 spiro atoms. The van der Waals surface area contributed by atoms with Crippen LogP contribution >= 0.6 is 0 Å². The van der Waals surface area contributed by atoms with Gasteiger partial charge in [0.25, 0.3) is 5.91 Å². The number of hydrogen-bond acceptors (Lipinski definition) is 4. The molecule has 6 heteroatoms. The highest BCUT2D eigenvalue weighted by Gasteiger charge is 2.38. The van der Waals surface area contributed by atoms with Crippen LogP contribution in [0.1, 0.15) is 27.6 Å². The number of likely N-dealkylation sites (tertiary alicyclic amines) is 1. The topological polar surface area (TPSA) is 63.1 Å². The van der Waals surface area contributed by atoms with Crippen molar-refractivity contribution < 1.29 is 4.79 Å². The summed E-state index contributed by atoms with van der Waals surface area (Å²) in [6, 6.07) is 20.6. The third-order valence-corrected chi connectivity index (χ3v) is 6.40. The Morgan fingerprint density at radius 3 is 2.37 bits per heavy atom. The maximum absolute atomic E-state index is 12.7. The van der Waals surface area contributed by atoms with E-state index >= 15 is 0 Å². The number of nitrogens with one attached hydrogen (secondary N) is 1. The highest BCUT2D eigenvalue weighted by atomic mass is 16.2. The fourth-order valence-electron chi connectivity index (χ4n) is 4.76. The van der Waals surface area contributed by atoms with Crippen LogP contribution in [-0.4, -0.2) is 45.2 Å². The van der Waals surface area contributed by atoms with Gasteiger partial charge in [-0.1, -0.05) is 60.7 Å². The van der Waals surface area contributed by atoms with E-state index in [1.54, 1.807) is 0 Å². The molecule has 0 radical (unpaired) electrons. The summed E-state index contributed by atoms with van der Waals surface area (Å²) in [6.45, 7) is 4.62. The summed E-state index contributed by atoms with van der Waals surface area (Å²) in [5.41, 5.74) is 2.47. The van der Waals surface area contributed by atoms with Crippen molar-refractivity contribution in [3.05, 3.63) is 83.4 Å². The summed E-state index contributed by atoms with van der Waals surface area (Å²) >= 11 is 0. The molecule has 2 aliphatic rings. The number of hydrogen-bond donors (Lipinski definition) is 1. The molecule has 2 aromatic carbocycles. The number of carbonyl (C=O) groups is 1. The average Bonchev–Trinajstić information content (AvgIpc) is 3.38. The zero-order valence-electron chi connectivity index (χ0n) is 17.1. The normalized spacial score (nSPS) is 20.5. The number of fused-ring (bicyclic) bond motifs is 2. The predicted octanol–water partition coefficient (Wildman–Crippen LogP) is 2.55. The van der Waals surface area contributed by atoms with Crippen molar-refractivity contribution in [1.82, 2.24) is 25.0 Å². The Labute approximate surface area is 176 Å². The van der Waals surface area contributed by atoms with Crippen LogP contribution in [0.25, 0.3) is 0 Å². The molecule has 5 rings (SSSR count). The van der Waals surface area contributed by atoms with E-state index in [0.29, 0.717) is 24.2 Å². The van der Waals surface area contributed by atoms with Crippen molar-refractivity contribution in [1.29, 1.82) is 0 Å². The molecule has 30 heavy (non-hydrogen) atoms. The number of amides is 1. The molecule has 2 aliphatic heterocycles. The van der Waals surface area contributed by atoms with Crippen molar-refractivity contribution in [2.24, 2.45) is 11.8 Å². The Balaban J connectivity index is 1.20. The van der Waals surface area contributed by atoms with Gasteiger partial charge in [0.2, 0.25) is 5.82 Å². The summed E-state index contributed by atoms with van der Waals surface area (Å²) in [5.74, 6) is 2.42. The first-order chi connectivity index (χ1) is 14.8. The monoisotopic (exact) mass is 401 g/mol. The number of aromatic nitrogens is 3. The molecule has 1 fully saturated rings. The first kappa shape index (κ1) is 19.0. The molecule has 3 heterocycles. The van der Waals surface area contributed by atoms with Crippen molar-refractivity contribution in [2.45, 2.75) is 25.9 Å². The summed E-state index contributed by atoms with van der Waals surface area (Å²) in [6.07, 6.45) is 1.99. The lowest BCUT2D eigenvalue weighted by molar-refractivity contribution is 0.0932. The molecule has 1 aromatic heterocycles. The van der Waals surface area contributed by atoms with Crippen LogP contribution in [0.3, 0.4) is 0 Å². The fourth-order valence-corrected chi connectivity index (χ4v) is 4.76. The Bertz CT molecular complexity index is 1000. The van der Waals surface area contributed by atoms with Gasteiger partial charge in [-0.3, -0.25) is 4.79 Å². The van der Waals surface area contributed by atoms with Gasteiger partial charge in [0, 0.05) is 39.1 Å². The second kappa shape index (κ2) is 8.40. The molecule has 6 nitrogen and oxygen atoms in total. The van der Waals surface area contributed by atoms with Crippen molar-refractivity contribution in [3.63, 3.8) is 0 Å². The smallest absolute Gasteiger partial charge is 0.289 e. The lowest BCUT2D eigenvalue weighted by Crippen LogP contribution is -2.32. The van der Waals surface area contributed by atoms with E-state index in [0.717, 1.165) is 50.4 Å². The Kier molecular flexibility index (Phi) is 5.32. The summed E-state index contributed by atoms with van der Waals surface area (Å²) in [7, 11) is 0. The molecule has 1 saturated heterocycles. The van der Waals surface area contributed by atoms with E-state index in [4.69, 9.17) is 0 Å². The molecule has 0 unspecified atom stereocenters. The van der Waals surface area contributed by atoms with Crippen molar-refractivity contribution in [3.8, 4) is 0 Å². The van der Waals surface area contributed by atoms with E-state index < -0.39 is 0 Å². The SMILES string of the molecule is O=C(NCc1ccccc1)c1nnc2n1C[C@H]1CN(CCc3ccccc3)C[C@H]1C2. The zero-order chi connectivity index (χ0) is 20.3. The summed E-state index contributed by atoms with van der Waals surface area (Å²) < 4.78 is 2.04. The lowest BCUT2D eigenvalue weighted by atomic mass is 9.89. The largest absolute Gasteiger partial charge is 0.345 e. The third kappa shape index (κ3) is 4.00. The second-order valence-electron chi connectivity index (χ2n) is 8.44. The Hall–Kier alpha value is -2.99. The van der Waals surface area contributed by atoms with Gasteiger partial charge in [0.1, 0.15) is 5.82 Å². The van der Waals surface area contributed by atoms with Gasteiger partial charge in [-0.25, -0.2) is 0 Å². The second-order valence-corrected chi connectivity index (χ2v) is 8.44. The molecular formula is C24H27N5O. The highest BCUT2D eigenvalue weighted by molar-refractivity contribution is 5.90. The van der Waals surface area contributed by atoms with Crippen LogP contribution in [0.15, 0.2) is 60.7 Å². The molecule has 1 N–H and O–H groups in total. The van der Waals surface area contributed by atoms with Gasteiger partial charge in [-0.2, -0.15) is 0 Å². The van der Waals surface area contributed by atoms with E-state index in [-0.39, 0.29) is 5.91 Å². The van der Waals surface area contributed by atoms with Crippen LogP contribution in [0.2, 0.25) is 0 Å². The van der Waals surface area contributed by atoms with Gasteiger partial charge in [-0.05, 0) is 29.4 Å². The lowest BCUT2D eigenvalue weighted by Gasteiger charge is -2.25. The predicted molar refractivity (Wildman–Crippen MR) is 115 cm³/mol. The molecule has 154 valence electrons. The number of benzene rings is 2. The molecule has 0 bridgehead atoms. The fraction of sp³-hybridized carbons (Fsp3) is 0.375. The number of rotatable bonds is 6. The van der Waals surface area contributed by atoms with Crippen molar-refractivity contribution in [2.75, 3.05) is 19.6 Å². The zero-order valence-corrected chi connectivity index (χ0v) is 17.1. The van der Waals surface area contributed by atoms with Crippen LogP contribution < -0.4 is 5.32 Å². The summed E-state index contributed by atoms with van der Waals surface area (Å²) in [4.78, 5) is 15.3. The van der Waals surface area contributed by atoms with Gasteiger partial charge in [0.15, 0.2) is 0 Å².